The van der Waals surface area contributed by atoms with Crippen molar-refractivity contribution in [2.24, 2.45) is 0 Å². The fourth-order valence-corrected chi connectivity index (χ4v) is 2.49. The average molecular weight is 274 g/mol. The van der Waals surface area contributed by atoms with Crippen LogP contribution in [0.3, 0.4) is 0 Å². The minimum atomic E-state index is -0.140. The first-order valence-electron chi connectivity index (χ1n) is 7.23. The van der Waals surface area contributed by atoms with Crippen molar-refractivity contribution in [3.8, 4) is 0 Å². The van der Waals surface area contributed by atoms with Crippen molar-refractivity contribution in [2.45, 2.75) is 38.6 Å². The fraction of sp³-hybridized carbons (Fsp3) is 0.500. The predicted molar refractivity (Wildman–Crippen MR) is 78.6 cm³/mol. The van der Waals surface area contributed by atoms with Crippen molar-refractivity contribution in [1.29, 1.82) is 0 Å². The third-order valence-corrected chi connectivity index (χ3v) is 3.90. The number of imide groups is 1. The number of carbonyl (C=O) groups is 2. The average Bonchev–Trinajstić information content (AvgIpc) is 2.46. The summed E-state index contributed by atoms with van der Waals surface area (Å²) in [6.45, 7) is 2.66. The molecule has 0 saturated heterocycles. The molecule has 1 aliphatic rings. The summed E-state index contributed by atoms with van der Waals surface area (Å²) in [5.41, 5.74) is 1.53. The summed E-state index contributed by atoms with van der Waals surface area (Å²) in [6.07, 6.45) is 3.28. The summed E-state index contributed by atoms with van der Waals surface area (Å²) < 4.78 is 0. The van der Waals surface area contributed by atoms with Crippen molar-refractivity contribution < 1.29 is 9.59 Å². The number of amides is 2. The van der Waals surface area contributed by atoms with Crippen LogP contribution in [0.15, 0.2) is 24.3 Å². The van der Waals surface area contributed by atoms with Crippen LogP contribution in [0.25, 0.3) is 0 Å². The highest BCUT2D eigenvalue weighted by Crippen LogP contribution is 2.20. The van der Waals surface area contributed by atoms with E-state index in [1.54, 1.807) is 6.07 Å². The molecule has 0 radical (unpaired) electrons. The Bertz CT molecular complexity index is 499. The molecule has 20 heavy (non-hydrogen) atoms. The standard InChI is InChI=1S/C16H22N2O2/c1-12(17-2)7-5-6-10-18-15(19)11-13-8-3-4-9-14(13)16(18)20/h3-4,8-9,12,17H,5-7,10-11H2,1-2H3. The maximum atomic E-state index is 12.3. The lowest BCUT2D eigenvalue weighted by atomic mass is 9.98. The molecule has 1 aromatic carbocycles. The quantitative estimate of drug-likeness (QED) is 0.637. The van der Waals surface area contributed by atoms with Gasteiger partial charge in [-0.25, -0.2) is 0 Å². The zero-order chi connectivity index (χ0) is 14.5. The number of nitrogens with one attached hydrogen (secondary N) is 1. The fourth-order valence-electron chi connectivity index (χ4n) is 2.49. The predicted octanol–water partition coefficient (Wildman–Crippen LogP) is 1.99. The Morgan fingerprint density at radius 1 is 1.25 bits per heavy atom. The Balaban J connectivity index is 1.93. The highest BCUT2D eigenvalue weighted by molar-refractivity contribution is 6.09. The molecule has 0 spiro atoms. The maximum absolute atomic E-state index is 12.3. The minimum absolute atomic E-state index is 0.0737. The van der Waals surface area contributed by atoms with E-state index in [1.807, 2.05) is 25.2 Å². The number of carbonyl (C=O) groups excluding carboxylic acids is 2. The van der Waals surface area contributed by atoms with Gasteiger partial charge in [-0.3, -0.25) is 14.5 Å². The molecule has 0 bridgehead atoms. The molecule has 1 N–H and O–H groups in total. The second-order valence-electron chi connectivity index (χ2n) is 5.37. The van der Waals surface area contributed by atoms with Gasteiger partial charge in [0.2, 0.25) is 5.91 Å². The molecule has 108 valence electrons. The van der Waals surface area contributed by atoms with Gasteiger partial charge in [-0.1, -0.05) is 24.6 Å². The second kappa shape index (κ2) is 6.66. The first-order chi connectivity index (χ1) is 9.63. The van der Waals surface area contributed by atoms with Gasteiger partial charge in [0.05, 0.1) is 6.42 Å². The Kier molecular flexibility index (Phi) is 4.90. The molecule has 2 amide bonds. The summed E-state index contributed by atoms with van der Waals surface area (Å²) in [5, 5.41) is 3.19. The van der Waals surface area contributed by atoms with Gasteiger partial charge in [0.15, 0.2) is 0 Å². The zero-order valence-electron chi connectivity index (χ0n) is 12.2. The highest BCUT2D eigenvalue weighted by Gasteiger charge is 2.29. The molecule has 0 aliphatic carbocycles. The van der Waals surface area contributed by atoms with E-state index in [-0.39, 0.29) is 11.8 Å². The van der Waals surface area contributed by atoms with Crippen LogP contribution >= 0.6 is 0 Å². The van der Waals surface area contributed by atoms with Gasteiger partial charge < -0.3 is 5.32 Å². The molecule has 4 nitrogen and oxygen atoms in total. The molecule has 2 rings (SSSR count). The van der Waals surface area contributed by atoms with Gasteiger partial charge in [0.25, 0.3) is 5.91 Å². The van der Waals surface area contributed by atoms with Crippen molar-refractivity contribution in [3.63, 3.8) is 0 Å². The second-order valence-corrected chi connectivity index (χ2v) is 5.37. The molecule has 0 saturated carbocycles. The van der Waals surface area contributed by atoms with Crippen LogP contribution in [-0.4, -0.2) is 36.3 Å². The van der Waals surface area contributed by atoms with Crippen LogP contribution in [-0.2, 0) is 11.2 Å². The summed E-state index contributed by atoms with van der Waals surface area (Å²) in [7, 11) is 1.94. The van der Waals surface area contributed by atoms with Gasteiger partial charge in [-0.15, -0.1) is 0 Å². The van der Waals surface area contributed by atoms with Crippen LogP contribution in [0.1, 0.15) is 42.1 Å². The number of benzene rings is 1. The van der Waals surface area contributed by atoms with E-state index < -0.39 is 0 Å². The molecular weight excluding hydrogens is 252 g/mol. The van der Waals surface area contributed by atoms with Crippen LogP contribution < -0.4 is 5.32 Å². The third-order valence-electron chi connectivity index (χ3n) is 3.90. The lowest BCUT2D eigenvalue weighted by Crippen LogP contribution is -2.42. The Morgan fingerprint density at radius 2 is 2.00 bits per heavy atom. The van der Waals surface area contributed by atoms with E-state index in [2.05, 4.69) is 12.2 Å². The van der Waals surface area contributed by atoms with Gasteiger partial charge in [-0.05, 0) is 38.4 Å². The molecule has 1 heterocycles. The Labute approximate surface area is 120 Å². The van der Waals surface area contributed by atoms with Gasteiger partial charge in [-0.2, -0.15) is 0 Å². The first-order valence-corrected chi connectivity index (χ1v) is 7.23. The molecule has 0 aromatic heterocycles. The molecule has 0 fully saturated rings. The van der Waals surface area contributed by atoms with Gasteiger partial charge in [0, 0.05) is 18.2 Å². The lowest BCUT2D eigenvalue weighted by Gasteiger charge is -2.26. The van der Waals surface area contributed by atoms with E-state index in [1.165, 1.54) is 4.90 Å². The normalized spacial score (nSPS) is 16.2. The SMILES string of the molecule is CNC(C)CCCCN1C(=O)Cc2ccccc2C1=O. The smallest absolute Gasteiger partial charge is 0.260 e. The number of rotatable bonds is 6. The van der Waals surface area contributed by atoms with E-state index in [9.17, 15) is 9.59 Å². The Morgan fingerprint density at radius 3 is 2.75 bits per heavy atom. The van der Waals surface area contributed by atoms with E-state index in [4.69, 9.17) is 0 Å². The number of hydrogen-bond donors (Lipinski definition) is 1. The molecule has 1 aliphatic heterocycles. The molecule has 1 unspecified atom stereocenters. The van der Waals surface area contributed by atoms with Crippen molar-refractivity contribution in [1.82, 2.24) is 10.2 Å². The highest BCUT2D eigenvalue weighted by atomic mass is 16.2. The van der Waals surface area contributed by atoms with E-state index >= 15 is 0 Å². The molecular formula is C16H22N2O2. The lowest BCUT2D eigenvalue weighted by molar-refractivity contribution is -0.128. The van der Waals surface area contributed by atoms with Crippen LogP contribution in [0.2, 0.25) is 0 Å². The minimum Gasteiger partial charge on any atom is -0.317 e. The van der Waals surface area contributed by atoms with Crippen molar-refractivity contribution >= 4 is 11.8 Å². The first kappa shape index (κ1) is 14.7. The number of fused-ring (bicyclic) bond motifs is 1. The third kappa shape index (κ3) is 3.25. The largest absolute Gasteiger partial charge is 0.317 e. The van der Waals surface area contributed by atoms with E-state index in [0.717, 1.165) is 24.8 Å². The number of nitrogens with zero attached hydrogens (tertiary/aromatic N) is 1. The maximum Gasteiger partial charge on any atom is 0.260 e. The van der Waals surface area contributed by atoms with Crippen molar-refractivity contribution in [2.75, 3.05) is 13.6 Å². The summed E-state index contributed by atoms with van der Waals surface area (Å²) in [4.78, 5) is 25.8. The number of unbranched alkanes of at least 4 members (excludes halogenated alkanes) is 1. The zero-order valence-corrected chi connectivity index (χ0v) is 12.2. The molecule has 1 aromatic rings. The number of hydrogen-bond acceptors (Lipinski definition) is 3. The van der Waals surface area contributed by atoms with Crippen molar-refractivity contribution in [3.05, 3.63) is 35.4 Å². The molecule has 4 heteroatoms. The van der Waals surface area contributed by atoms with Crippen LogP contribution in [0.5, 0.6) is 0 Å². The summed E-state index contributed by atoms with van der Waals surface area (Å²) in [6, 6.07) is 7.86. The van der Waals surface area contributed by atoms with Crippen LogP contribution in [0, 0.1) is 0 Å². The monoisotopic (exact) mass is 274 g/mol. The van der Waals surface area contributed by atoms with E-state index in [0.29, 0.717) is 24.6 Å². The van der Waals surface area contributed by atoms with Gasteiger partial charge in [0.1, 0.15) is 0 Å². The van der Waals surface area contributed by atoms with Gasteiger partial charge >= 0.3 is 0 Å². The summed E-state index contributed by atoms with van der Waals surface area (Å²) in [5.74, 6) is -0.214. The Hall–Kier alpha value is -1.68. The molecule has 1 atom stereocenters. The summed E-state index contributed by atoms with van der Waals surface area (Å²) >= 11 is 0. The van der Waals surface area contributed by atoms with Crippen LogP contribution in [0.4, 0.5) is 0 Å². The topological polar surface area (TPSA) is 49.4 Å².